The molecule has 184 valence electrons. The minimum Gasteiger partial charge on any atom is -0.497 e. The van der Waals surface area contributed by atoms with E-state index in [0.717, 1.165) is 11.1 Å². The van der Waals surface area contributed by atoms with Gasteiger partial charge in [-0.2, -0.15) is 0 Å². The topological polar surface area (TPSA) is 105 Å². The van der Waals surface area contributed by atoms with Gasteiger partial charge in [-0.3, -0.25) is 10.0 Å². The number of methoxy groups -OCH3 is 2. The van der Waals surface area contributed by atoms with Crippen LogP contribution in [0.2, 0.25) is 5.02 Å². The number of hydrogen-bond donors (Lipinski definition) is 1. The van der Waals surface area contributed by atoms with E-state index in [2.05, 4.69) is 0 Å². The number of likely N-dealkylation sites (tertiary alicyclic amines) is 1. The molecular formula is C25H26ClN3O6. The number of oxazole rings is 1. The number of halogens is 1. The standard InChI is InChI=1S/C25H26ClN3O6/c1-28(32)24(31)29-14-12-25(13-15-29,23(30)34-3)22-27-20(16-6-10-19(33-2)11-7-16)21(35-22)17-4-8-18(26)9-5-17/h4-11,32H,12-15H2,1-3H3. The second-order valence-corrected chi connectivity index (χ2v) is 8.74. The van der Waals surface area contributed by atoms with Crippen LogP contribution in [0.25, 0.3) is 22.6 Å². The van der Waals surface area contributed by atoms with Gasteiger partial charge < -0.3 is 18.8 Å². The predicted molar refractivity (Wildman–Crippen MR) is 128 cm³/mol. The molecule has 0 aliphatic carbocycles. The summed E-state index contributed by atoms with van der Waals surface area (Å²) in [7, 11) is 4.17. The third kappa shape index (κ3) is 4.69. The molecule has 1 saturated heterocycles. The molecule has 4 rings (SSSR count). The number of urea groups is 1. The number of benzene rings is 2. The van der Waals surface area contributed by atoms with Crippen LogP contribution in [0, 0.1) is 0 Å². The molecule has 0 atom stereocenters. The van der Waals surface area contributed by atoms with Gasteiger partial charge in [0.15, 0.2) is 5.76 Å². The summed E-state index contributed by atoms with van der Waals surface area (Å²) in [6.07, 6.45) is 0.448. The molecule has 10 heteroatoms. The van der Waals surface area contributed by atoms with E-state index in [-0.39, 0.29) is 31.8 Å². The van der Waals surface area contributed by atoms with Crippen LogP contribution >= 0.6 is 11.6 Å². The number of hydrogen-bond acceptors (Lipinski definition) is 7. The van der Waals surface area contributed by atoms with Crippen molar-refractivity contribution in [3.63, 3.8) is 0 Å². The average Bonchev–Trinajstić information content (AvgIpc) is 3.34. The molecule has 35 heavy (non-hydrogen) atoms. The highest BCUT2D eigenvalue weighted by atomic mass is 35.5. The molecule has 2 aromatic carbocycles. The number of esters is 1. The number of amides is 2. The SMILES string of the molecule is COC(=O)C1(c2nc(-c3ccc(OC)cc3)c(-c3ccc(Cl)cc3)o2)CCN(C(=O)N(C)O)CC1. The van der Waals surface area contributed by atoms with Gasteiger partial charge in [0.25, 0.3) is 0 Å². The Morgan fingerprint density at radius 3 is 2.20 bits per heavy atom. The molecule has 0 radical (unpaired) electrons. The summed E-state index contributed by atoms with van der Waals surface area (Å²) in [6, 6.07) is 14.0. The molecule has 0 saturated carbocycles. The van der Waals surface area contributed by atoms with Gasteiger partial charge in [-0.25, -0.2) is 14.8 Å². The number of rotatable bonds is 5. The van der Waals surface area contributed by atoms with Crippen LogP contribution in [0.5, 0.6) is 5.75 Å². The van der Waals surface area contributed by atoms with Crippen molar-refractivity contribution in [2.75, 3.05) is 34.4 Å². The Balaban J connectivity index is 1.80. The zero-order chi connectivity index (χ0) is 25.2. The molecule has 2 amide bonds. The Morgan fingerprint density at radius 2 is 1.66 bits per heavy atom. The number of piperidine rings is 1. The van der Waals surface area contributed by atoms with Gasteiger partial charge in [0, 0.05) is 36.3 Å². The highest BCUT2D eigenvalue weighted by molar-refractivity contribution is 6.30. The van der Waals surface area contributed by atoms with Crippen molar-refractivity contribution < 1.29 is 28.7 Å². The lowest BCUT2D eigenvalue weighted by Gasteiger charge is -2.38. The highest BCUT2D eigenvalue weighted by Gasteiger charge is 2.49. The molecule has 0 unspecified atom stereocenters. The van der Waals surface area contributed by atoms with E-state index in [0.29, 0.717) is 27.3 Å². The molecule has 0 spiro atoms. The van der Waals surface area contributed by atoms with Crippen LogP contribution in [0.3, 0.4) is 0 Å². The minimum absolute atomic E-state index is 0.213. The average molecular weight is 500 g/mol. The third-order valence-corrected chi connectivity index (χ3v) is 6.50. The second-order valence-electron chi connectivity index (χ2n) is 8.30. The molecule has 1 aliphatic heterocycles. The van der Waals surface area contributed by atoms with Crippen molar-refractivity contribution in [2.45, 2.75) is 18.3 Å². The molecule has 1 aliphatic rings. The maximum Gasteiger partial charge on any atom is 0.343 e. The van der Waals surface area contributed by atoms with Crippen molar-refractivity contribution in [1.29, 1.82) is 0 Å². The van der Waals surface area contributed by atoms with Gasteiger partial charge in [0.05, 0.1) is 14.2 Å². The Kier molecular flexibility index (Phi) is 7.00. The monoisotopic (exact) mass is 499 g/mol. The zero-order valence-corrected chi connectivity index (χ0v) is 20.4. The lowest BCUT2D eigenvalue weighted by atomic mass is 9.78. The van der Waals surface area contributed by atoms with E-state index in [1.165, 1.54) is 19.1 Å². The van der Waals surface area contributed by atoms with Crippen LogP contribution in [0.1, 0.15) is 18.7 Å². The number of hydroxylamine groups is 2. The fourth-order valence-electron chi connectivity index (χ4n) is 4.25. The summed E-state index contributed by atoms with van der Waals surface area (Å²) in [5.74, 6) is 0.901. The third-order valence-electron chi connectivity index (χ3n) is 6.25. The van der Waals surface area contributed by atoms with Crippen LogP contribution < -0.4 is 4.74 Å². The number of ether oxygens (including phenoxy) is 2. The first kappa shape index (κ1) is 24.6. The van der Waals surface area contributed by atoms with Crippen molar-refractivity contribution in [3.05, 3.63) is 59.4 Å². The Hall–Kier alpha value is -3.56. The second kappa shape index (κ2) is 9.97. The molecule has 2 heterocycles. The normalized spacial score (nSPS) is 14.9. The van der Waals surface area contributed by atoms with E-state index in [1.54, 1.807) is 19.2 Å². The van der Waals surface area contributed by atoms with Crippen molar-refractivity contribution in [2.24, 2.45) is 0 Å². The summed E-state index contributed by atoms with van der Waals surface area (Å²) in [4.78, 5) is 31.6. The molecule has 1 aromatic heterocycles. The maximum atomic E-state index is 13.1. The summed E-state index contributed by atoms with van der Waals surface area (Å²) in [6.45, 7) is 0.435. The zero-order valence-electron chi connectivity index (χ0n) is 19.7. The van der Waals surface area contributed by atoms with Gasteiger partial charge in [-0.1, -0.05) is 11.6 Å². The summed E-state index contributed by atoms with van der Waals surface area (Å²) in [5.41, 5.74) is 0.890. The molecule has 3 aromatic rings. The fraction of sp³-hybridized carbons (Fsp3) is 0.320. The fourth-order valence-corrected chi connectivity index (χ4v) is 4.38. The van der Waals surface area contributed by atoms with Crippen LogP contribution in [0.15, 0.2) is 52.9 Å². The molecular weight excluding hydrogens is 474 g/mol. The summed E-state index contributed by atoms with van der Waals surface area (Å²) < 4.78 is 16.7. The van der Waals surface area contributed by atoms with Crippen LogP contribution in [0.4, 0.5) is 4.79 Å². The number of carbonyl (C=O) groups excluding carboxylic acids is 2. The van der Waals surface area contributed by atoms with Crippen LogP contribution in [-0.2, 0) is 14.9 Å². The largest absolute Gasteiger partial charge is 0.497 e. The van der Waals surface area contributed by atoms with E-state index >= 15 is 0 Å². The Bertz CT molecular complexity index is 1200. The highest BCUT2D eigenvalue weighted by Crippen LogP contribution is 2.42. The Morgan fingerprint density at radius 1 is 1.06 bits per heavy atom. The molecule has 1 N–H and O–H groups in total. The Labute approximate surface area is 207 Å². The minimum atomic E-state index is -1.19. The first-order chi connectivity index (χ1) is 16.8. The van der Waals surface area contributed by atoms with Crippen LogP contribution in [-0.4, -0.2) is 66.5 Å². The van der Waals surface area contributed by atoms with Crippen molar-refractivity contribution >= 4 is 23.6 Å². The number of carbonyl (C=O) groups is 2. The van der Waals surface area contributed by atoms with Gasteiger partial charge >= 0.3 is 12.0 Å². The van der Waals surface area contributed by atoms with Gasteiger partial charge in [-0.05, 0) is 61.4 Å². The van der Waals surface area contributed by atoms with Crippen molar-refractivity contribution in [3.8, 4) is 28.3 Å². The first-order valence-electron chi connectivity index (χ1n) is 11.0. The quantitative estimate of drug-likeness (QED) is 0.310. The van der Waals surface area contributed by atoms with Gasteiger partial charge in [0.2, 0.25) is 5.89 Å². The predicted octanol–water partition coefficient (Wildman–Crippen LogP) is 4.62. The molecule has 9 nitrogen and oxygen atoms in total. The summed E-state index contributed by atoms with van der Waals surface area (Å²) >= 11 is 6.09. The first-order valence-corrected chi connectivity index (χ1v) is 11.4. The van der Waals surface area contributed by atoms with E-state index < -0.39 is 17.4 Å². The number of nitrogens with zero attached hydrogens (tertiary/aromatic N) is 3. The van der Waals surface area contributed by atoms with E-state index in [9.17, 15) is 14.8 Å². The number of aromatic nitrogens is 1. The summed E-state index contributed by atoms with van der Waals surface area (Å²) in [5, 5.41) is 10.6. The van der Waals surface area contributed by atoms with Crippen molar-refractivity contribution in [1.82, 2.24) is 14.9 Å². The smallest absolute Gasteiger partial charge is 0.343 e. The van der Waals surface area contributed by atoms with E-state index in [1.807, 2.05) is 36.4 Å². The van der Waals surface area contributed by atoms with E-state index in [4.69, 9.17) is 30.5 Å². The van der Waals surface area contributed by atoms with Gasteiger partial charge in [-0.15, -0.1) is 0 Å². The molecule has 1 fully saturated rings. The molecule has 0 bridgehead atoms. The lowest BCUT2D eigenvalue weighted by Crippen LogP contribution is -2.51. The lowest BCUT2D eigenvalue weighted by molar-refractivity contribution is -0.150. The maximum absolute atomic E-state index is 13.1. The van der Waals surface area contributed by atoms with Gasteiger partial charge in [0.1, 0.15) is 16.9 Å².